The molecule has 0 spiro atoms. The number of hydrazone groups is 1. The Labute approximate surface area is 89.2 Å². The molecule has 15 heavy (non-hydrogen) atoms. The molecule has 4 heteroatoms. The fraction of sp³-hybridized carbons (Fsp3) is 0.273. The van der Waals surface area contributed by atoms with Gasteiger partial charge in [-0.05, 0) is 26.3 Å². The van der Waals surface area contributed by atoms with Crippen LogP contribution in [0.3, 0.4) is 0 Å². The van der Waals surface area contributed by atoms with Crippen LogP contribution < -0.4 is 11.2 Å². The molecule has 80 valence electrons. The molecule has 0 unspecified atom stereocenters. The van der Waals surface area contributed by atoms with Gasteiger partial charge in [-0.3, -0.25) is 0 Å². The van der Waals surface area contributed by atoms with E-state index in [2.05, 4.69) is 16.6 Å². The van der Waals surface area contributed by atoms with E-state index in [0.717, 1.165) is 16.8 Å². The fourth-order valence-corrected chi connectivity index (χ4v) is 1.42. The highest BCUT2D eigenvalue weighted by atomic mass is 16.2. The molecule has 0 bridgehead atoms. The molecule has 1 aromatic carbocycles. The maximum Gasteiger partial charge on any atom is 0.332 e. The van der Waals surface area contributed by atoms with Crippen LogP contribution >= 0.6 is 0 Å². The minimum atomic E-state index is -0.654. The van der Waals surface area contributed by atoms with E-state index in [1.54, 1.807) is 0 Å². The maximum absolute atomic E-state index is 10.5. The van der Waals surface area contributed by atoms with Gasteiger partial charge in [0.15, 0.2) is 0 Å². The highest BCUT2D eigenvalue weighted by Crippen LogP contribution is 2.11. The summed E-state index contributed by atoms with van der Waals surface area (Å²) in [6.45, 7) is 5.87. The van der Waals surface area contributed by atoms with Gasteiger partial charge in [-0.15, -0.1) is 0 Å². The summed E-state index contributed by atoms with van der Waals surface area (Å²) < 4.78 is 0. The number of hydrogen-bond donors (Lipinski definition) is 2. The first-order chi connectivity index (χ1) is 7.00. The number of nitrogens with two attached hydrogens (primary N) is 1. The first-order valence-corrected chi connectivity index (χ1v) is 4.68. The Morgan fingerprint density at radius 3 is 2.60 bits per heavy atom. The van der Waals surface area contributed by atoms with Crippen molar-refractivity contribution < 1.29 is 4.79 Å². The average molecular weight is 205 g/mol. The Morgan fingerprint density at radius 2 is 2.07 bits per heavy atom. The monoisotopic (exact) mass is 205 g/mol. The largest absolute Gasteiger partial charge is 0.350 e. The second-order valence-electron chi connectivity index (χ2n) is 3.49. The number of rotatable bonds is 2. The maximum atomic E-state index is 10.5. The number of benzene rings is 1. The predicted octanol–water partition coefficient (Wildman–Crippen LogP) is 1.70. The van der Waals surface area contributed by atoms with Gasteiger partial charge in [0.25, 0.3) is 0 Å². The van der Waals surface area contributed by atoms with Crippen LogP contribution in [0.5, 0.6) is 0 Å². The highest BCUT2D eigenvalue weighted by Gasteiger charge is 2.02. The highest BCUT2D eigenvalue weighted by molar-refractivity contribution is 6.00. The number of amides is 2. The Bertz CT molecular complexity index is 410. The molecule has 0 aliphatic rings. The van der Waals surface area contributed by atoms with E-state index in [0.29, 0.717) is 0 Å². The van der Waals surface area contributed by atoms with Crippen molar-refractivity contribution in [3.8, 4) is 0 Å². The summed E-state index contributed by atoms with van der Waals surface area (Å²) in [7, 11) is 0. The number of nitrogens with zero attached hydrogens (tertiary/aromatic N) is 1. The molecule has 0 aromatic heterocycles. The number of urea groups is 1. The van der Waals surface area contributed by atoms with Crippen molar-refractivity contribution in [3.05, 3.63) is 34.9 Å². The summed E-state index contributed by atoms with van der Waals surface area (Å²) in [5.74, 6) is 0. The zero-order chi connectivity index (χ0) is 11.4. The number of hydrogen-bond acceptors (Lipinski definition) is 2. The van der Waals surface area contributed by atoms with Gasteiger partial charge < -0.3 is 5.73 Å². The molecule has 3 N–H and O–H groups in total. The minimum absolute atomic E-state index is 0.654. The molecule has 1 rings (SSSR count). The lowest BCUT2D eigenvalue weighted by Crippen LogP contribution is -2.25. The molecule has 0 aliphatic carbocycles. The molecule has 0 heterocycles. The molecule has 4 nitrogen and oxygen atoms in total. The molecule has 0 saturated carbocycles. The second-order valence-corrected chi connectivity index (χ2v) is 3.49. The quantitative estimate of drug-likeness (QED) is 0.560. The van der Waals surface area contributed by atoms with E-state index in [1.807, 2.05) is 32.9 Å². The summed E-state index contributed by atoms with van der Waals surface area (Å²) in [4.78, 5) is 10.5. The van der Waals surface area contributed by atoms with Gasteiger partial charge in [-0.25, -0.2) is 10.2 Å². The van der Waals surface area contributed by atoms with Crippen LogP contribution in [0.2, 0.25) is 0 Å². The van der Waals surface area contributed by atoms with Crippen LogP contribution in [0.25, 0.3) is 0 Å². The number of aryl methyl sites for hydroxylation is 2. The minimum Gasteiger partial charge on any atom is -0.350 e. The van der Waals surface area contributed by atoms with E-state index >= 15 is 0 Å². The van der Waals surface area contributed by atoms with Gasteiger partial charge in [-0.1, -0.05) is 23.8 Å². The molecular formula is C11H15N3O. The molecule has 0 aliphatic heterocycles. The Morgan fingerprint density at radius 1 is 1.40 bits per heavy atom. The van der Waals surface area contributed by atoms with Crippen LogP contribution in [-0.4, -0.2) is 11.7 Å². The van der Waals surface area contributed by atoms with Gasteiger partial charge in [0.05, 0.1) is 5.71 Å². The molecule has 0 saturated heterocycles. The third kappa shape index (κ3) is 3.09. The first-order valence-electron chi connectivity index (χ1n) is 4.68. The van der Waals surface area contributed by atoms with Crippen LogP contribution in [0.4, 0.5) is 4.79 Å². The summed E-state index contributed by atoms with van der Waals surface area (Å²) in [5, 5.41) is 3.88. The zero-order valence-electron chi connectivity index (χ0n) is 9.16. The number of primary amides is 1. The molecule has 0 radical (unpaired) electrons. The molecule has 0 atom stereocenters. The van der Waals surface area contributed by atoms with Crippen LogP contribution in [-0.2, 0) is 0 Å². The summed E-state index contributed by atoms with van der Waals surface area (Å²) in [6.07, 6.45) is 0. The molecule has 1 aromatic rings. The van der Waals surface area contributed by atoms with E-state index < -0.39 is 6.03 Å². The topological polar surface area (TPSA) is 67.5 Å². The Kier molecular flexibility index (Phi) is 3.44. The van der Waals surface area contributed by atoms with Crippen LogP contribution in [0, 0.1) is 13.8 Å². The fourth-order valence-electron chi connectivity index (χ4n) is 1.42. The van der Waals surface area contributed by atoms with Gasteiger partial charge in [0.2, 0.25) is 0 Å². The number of carbonyl (C=O) groups is 1. The van der Waals surface area contributed by atoms with Crippen molar-refractivity contribution in [1.82, 2.24) is 5.43 Å². The molecule has 0 fully saturated rings. The van der Waals surface area contributed by atoms with Crippen LogP contribution in [0.15, 0.2) is 23.3 Å². The van der Waals surface area contributed by atoms with Gasteiger partial charge >= 0.3 is 6.03 Å². The van der Waals surface area contributed by atoms with E-state index in [9.17, 15) is 4.79 Å². The lowest BCUT2D eigenvalue weighted by Gasteiger charge is -2.06. The Balaban J connectivity index is 2.95. The smallest absolute Gasteiger partial charge is 0.332 e. The van der Waals surface area contributed by atoms with Crippen molar-refractivity contribution in [2.45, 2.75) is 20.8 Å². The first kappa shape index (κ1) is 11.2. The van der Waals surface area contributed by atoms with Crippen molar-refractivity contribution >= 4 is 11.7 Å². The van der Waals surface area contributed by atoms with Gasteiger partial charge in [0.1, 0.15) is 0 Å². The molecular weight excluding hydrogens is 190 g/mol. The van der Waals surface area contributed by atoms with E-state index in [-0.39, 0.29) is 0 Å². The van der Waals surface area contributed by atoms with E-state index in [1.165, 1.54) is 5.56 Å². The van der Waals surface area contributed by atoms with Crippen molar-refractivity contribution in [1.29, 1.82) is 0 Å². The molecule has 2 amide bonds. The zero-order valence-corrected chi connectivity index (χ0v) is 9.16. The summed E-state index contributed by atoms with van der Waals surface area (Å²) in [6, 6.07) is 5.40. The third-order valence-corrected chi connectivity index (χ3v) is 2.11. The lowest BCUT2D eigenvalue weighted by molar-refractivity contribution is 0.249. The van der Waals surface area contributed by atoms with E-state index in [4.69, 9.17) is 5.73 Å². The Hall–Kier alpha value is -1.84. The predicted molar refractivity (Wildman–Crippen MR) is 60.8 cm³/mol. The normalized spacial score (nSPS) is 11.3. The summed E-state index contributed by atoms with van der Waals surface area (Å²) in [5.41, 5.74) is 11.2. The standard InChI is InChI=1S/C11H15N3O/c1-7-4-5-10(8(2)6-7)9(3)13-14-11(12)15/h4-6H,1-3H3,(H3,12,14,15). The number of carbonyl (C=O) groups excluding carboxylic acids is 1. The third-order valence-electron chi connectivity index (χ3n) is 2.11. The second kappa shape index (κ2) is 4.59. The summed E-state index contributed by atoms with van der Waals surface area (Å²) >= 11 is 0. The SMILES string of the molecule is CC(=NNC(N)=O)c1ccc(C)cc1C. The van der Waals surface area contributed by atoms with Gasteiger partial charge in [0, 0.05) is 5.56 Å². The average Bonchev–Trinajstić information content (AvgIpc) is 2.14. The van der Waals surface area contributed by atoms with Crippen molar-refractivity contribution in [2.24, 2.45) is 10.8 Å². The van der Waals surface area contributed by atoms with Crippen LogP contribution in [0.1, 0.15) is 23.6 Å². The van der Waals surface area contributed by atoms with Gasteiger partial charge in [-0.2, -0.15) is 5.10 Å². The van der Waals surface area contributed by atoms with Crippen molar-refractivity contribution in [2.75, 3.05) is 0 Å². The number of nitrogens with one attached hydrogen (secondary N) is 1. The van der Waals surface area contributed by atoms with Crippen molar-refractivity contribution in [3.63, 3.8) is 0 Å². The lowest BCUT2D eigenvalue weighted by atomic mass is 10.0.